The summed E-state index contributed by atoms with van der Waals surface area (Å²) in [6.45, 7) is 1.69. The Bertz CT molecular complexity index is 367. The molecule has 0 aromatic heterocycles. The second-order valence-corrected chi connectivity index (χ2v) is 3.10. The smallest absolute Gasteiger partial charge is 0.228 e. The molecule has 1 atom stereocenters. The zero-order valence-corrected chi connectivity index (χ0v) is 7.88. The Morgan fingerprint density at radius 3 is 2.69 bits per heavy atom. The van der Waals surface area contributed by atoms with Crippen LogP contribution in [0.3, 0.4) is 0 Å². The van der Waals surface area contributed by atoms with Gasteiger partial charge in [0.25, 0.3) is 0 Å². The van der Waals surface area contributed by atoms with Crippen LogP contribution in [0.1, 0.15) is 24.0 Å². The lowest BCUT2D eigenvalue weighted by molar-refractivity contribution is -0.112. The maximum Gasteiger partial charge on any atom is 0.228 e. The van der Waals surface area contributed by atoms with Crippen LogP contribution in [0.2, 0.25) is 0 Å². The first-order chi connectivity index (χ1) is 6.16. The monoisotopic (exact) mass is 193 g/mol. The van der Waals surface area contributed by atoms with E-state index in [-0.39, 0.29) is 0 Å². The van der Waals surface area contributed by atoms with Crippen LogP contribution >= 0.6 is 11.6 Å². The Kier molecular flexibility index (Phi) is 3.05. The van der Waals surface area contributed by atoms with Gasteiger partial charge in [-0.25, -0.2) is 0 Å². The Hall–Kier alpha value is -1.33. The van der Waals surface area contributed by atoms with Crippen molar-refractivity contribution in [1.82, 2.24) is 0 Å². The van der Waals surface area contributed by atoms with Gasteiger partial charge in [-0.2, -0.15) is 5.26 Å². The third-order valence-corrected chi connectivity index (χ3v) is 2.22. The molecule has 0 bridgehead atoms. The summed E-state index contributed by atoms with van der Waals surface area (Å²) in [5.74, 6) is -0.419. The van der Waals surface area contributed by atoms with E-state index in [1.54, 1.807) is 31.2 Å². The predicted molar refractivity (Wildman–Crippen MR) is 50.4 cm³/mol. The molecule has 1 rings (SSSR count). The highest BCUT2D eigenvalue weighted by molar-refractivity contribution is 6.64. The SMILES string of the molecule is CC(C(=O)Cl)c1ccccc1C#N. The first kappa shape index (κ1) is 9.76. The summed E-state index contributed by atoms with van der Waals surface area (Å²) in [4.78, 5) is 10.9. The third kappa shape index (κ3) is 2.07. The average molecular weight is 194 g/mol. The lowest BCUT2D eigenvalue weighted by Crippen LogP contribution is -2.03. The molecule has 0 amide bonds. The van der Waals surface area contributed by atoms with Crippen molar-refractivity contribution in [2.45, 2.75) is 12.8 Å². The lowest BCUT2D eigenvalue weighted by atomic mass is 9.97. The van der Waals surface area contributed by atoms with Gasteiger partial charge in [-0.3, -0.25) is 4.79 Å². The largest absolute Gasteiger partial charge is 0.281 e. The fraction of sp³-hybridized carbons (Fsp3) is 0.200. The molecular formula is C10H8ClNO. The molecule has 0 aliphatic carbocycles. The predicted octanol–water partition coefficient (Wildman–Crippen LogP) is 2.43. The van der Waals surface area contributed by atoms with Crippen LogP contribution in [-0.4, -0.2) is 5.24 Å². The molecule has 0 aliphatic rings. The minimum Gasteiger partial charge on any atom is -0.281 e. The van der Waals surface area contributed by atoms with Crippen LogP contribution in [0.5, 0.6) is 0 Å². The summed E-state index contributed by atoms with van der Waals surface area (Å²) in [7, 11) is 0. The van der Waals surface area contributed by atoms with Crippen LogP contribution < -0.4 is 0 Å². The van der Waals surface area contributed by atoms with Gasteiger partial charge >= 0.3 is 0 Å². The number of nitriles is 1. The van der Waals surface area contributed by atoms with Gasteiger partial charge in [0.15, 0.2) is 0 Å². The van der Waals surface area contributed by atoms with Gasteiger partial charge in [-0.05, 0) is 23.2 Å². The fourth-order valence-corrected chi connectivity index (χ4v) is 1.22. The molecule has 1 unspecified atom stereocenters. The van der Waals surface area contributed by atoms with E-state index in [0.29, 0.717) is 11.1 Å². The Labute approximate surface area is 81.7 Å². The summed E-state index contributed by atoms with van der Waals surface area (Å²) in [6, 6.07) is 8.97. The van der Waals surface area contributed by atoms with Gasteiger partial charge in [-0.15, -0.1) is 0 Å². The van der Waals surface area contributed by atoms with Gasteiger partial charge in [0.05, 0.1) is 17.6 Å². The zero-order chi connectivity index (χ0) is 9.84. The summed E-state index contributed by atoms with van der Waals surface area (Å²) in [5.41, 5.74) is 1.19. The normalized spacial score (nSPS) is 11.8. The van der Waals surface area contributed by atoms with Crippen molar-refractivity contribution < 1.29 is 4.79 Å². The molecule has 2 nitrogen and oxygen atoms in total. The van der Waals surface area contributed by atoms with Crippen molar-refractivity contribution in [3.8, 4) is 6.07 Å². The quantitative estimate of drug-likeness (QED) is 0.677. The highest BCUT2D eigenvalue weighted by Gasteiger charge is 2.15. The molecule has 0 radical (unpaired) electrons. The Balaban J connectivity index is 3.15. The van der Waals surface area contributed by atoms with Crippen molar-refractivity contribution in [1.29, 1.82) is 5.26 Å². The molecule has 13 heavy (non-hydrogen) atoms. The number of benzene rings is 1. The minimum atomic E-state index is -0.442. The van der Waals surface area contributed by atoms with Crippen LogP contribution in [0, 0.1) is 11.3 Å². The van der Waals surface area contributed by atoms with Gasteiger partial charge < -0.3 is 0 Å². The number of rotatable bonds is 2. The molecule has 1 aromatic carbocycles. The highest BCUT2D eigenvalue weighted by Crippen LogP contribution is 2.21. The second-order valence-electron chi connectivity index (χ2n) is 2.72. The van der Waals surface area contributed by atoms with Crippen LogP contribution in [0.15, 0.2) is 24.3 Å². The molecule has 0 saturated carbocycles. The van der Waals surface area contributed by atoms with Crippen molar-refractivity contribution in [2.75, 3.05) is 0 Å². The number of halogens is 1. The minimum absolute atomic E-state index is 0.419. The Morgan fingerprint density at radius 2 is 2.15 bits per heavy atom. The van der Waals surface area contributed by atoms with Crippen molar-refractivity contribution in [2.24, 2.45) is 0 Å². The second kappa shape index (κ2) is 4.06. The molecule has 0 fully saturated rings. The number of carbonyl (C=O) groups excluding carboxylic acids is 1. The number of hydrogen-bond donors (Lipinski definition) is 0. The van der Waals surface area contributed by atoms with E-state index in [1.807, 2.05) is 6.07 Å². The van der Waals surface area contributed by atoms with Crippen LogP contribution in [0.25, 0.3) is 0 Å². The molecule has 0 saturated heterocycles. The first-order valence-electron chi connectivity index (χ1n) is 3.85. The van der Waals surface area contributed by atoms with Crippen molar-refractivity contribution >= 4 is 16.8 Å². The van der Waals surface area contributed by atoms with Gasteiger partial charge in [-0.1, -0.05) is 25.1 Å². The lowest BCUT2D eigenvalue weighted by Gasteiger charge is -2.07. The summed E-state index contributed by atoms with van der Waals surface area (Å²) >= 11 is 5.34. The molecular weight excluding hydrogens is 186 g/mol. The molecule has 0 heterocycles. The van der Waals surface area contributed by atoms with Gasteiger partial charge in [0.1, 0.15) is 0 Å². The maximum atomic E-state index is 10.9. The molecule has 0 aliphatic heterocycles. The molecule has 66 valence electrons. The average Bonchev–Trinajstić information content (AvgIpc) is 2.16. The fourth-order valence-electron chi connectivity index (χ4n) is 1.10. The first-order valence-corrected chi connectivity index (χ1v) is 4.23. The van der Waals surface area contributed by atoms with E-state index in [0.717, 1.165) is 0 Å². The summed E-state index contributed by atoms with van der Waals surface area (Å²) in [6.07, 6.45) is 0. The molecule has 1 aromatic rings. The van der Waals surface area contributed by atoms with Crippen LogP contribution in [-0.2, 0) is 4.79 Å². The Morgan fingerprint density at radius 1 is 1.54 bits per heavy atom. The number of hydrogen-bond acceptors (Lipinski definition) is 2. The topological polar surface area (TPSA) is 40.9 Å². The number of carbonyl (C=O) groups is 1. The molecule has 3 heteroatoms. The van der Waals surface area contributed by atoms with Gasteiger partial charge in [0, 0.05) is 0 Å². The molecule has 0 spiro atoms. The van der Waals surface area contributed by atoms with Crippen molar-refractivity contribution in [3.05, 3.63) is 35.4 Å². The van der Waals surface area contributed by atoms with E-state index in [4.69, 9.17) is 16.9 Å². The zero-order valence-electron chi connectivity index (χ0n) is 7.12. The third-order valence-electron chi connectivity index (χ3n) is 1.89. The van der Waals surface area contributed by atoms with Gasteiger partial charge in [0.2, 0.25) is 5.24 Å². The molecule has 0 N–H and O–H groups in total. The standard InChI is InChI=1S/C10H8ClNO/c1-7(10(11)13)9-5-3-2-4-8(9)6-12/h2-5,7H,1H3. The van der Waals surface area contributed by atoms with E-state index >= 15 is 0 Å². The van der Waals surface area contributed by atoms with E-state index in [9.17, 15) is 4.79 Å². The number of nitrogens with zero attached hydrogens (tertiary/aromatic N) is 1. The van der Waals surface area contributed by atoms with Crippen LogP contribution in [0.4, 0.5) is 0 Å². The van der Waals surface area contributed by atoms with Crippen molar-refractivity contribution in [3.63, 3.8) is 0 Å². The van der Waals surface area contributed by atoms with E-state index < -0.39 is 11.2 Å². The summed E-state index contributed by atoms with van der Waals surface area (Å²) in [5, 5.41) is 8.30. The van der Waals surface area contributed by atoms with E-state index in [1.165, 1.54) is 0 Å². The van der Waals surface area contributed by atoms with E-state index in [2.05, 4.69) is 0 Å². The summed E-state index contributed by atoms with van der Waals surface area (Å²) < 4.78 is 0. The maximum absolute atomic E-state index is 10.9. The highest BCUT2D eigenvalue weighted by atomic mass is 35.5.